The Morgan fingerprint density at radius 1 is 1.35 bits per heavy atom. The van der Waals surface area contributed by atoms with Crippen molar-refractivity contribution >= 4 is 11.9 Å². The first-order valence-electron chi connectivity index (χ1n) is 6.34. The van der Waals surface area contributed by atoms with E-state index in [9.17, 15) is 14.7 Å². The number of carboxylic acid groups (broad SMARTS) is 1. The maximum Gasteiger partial charge on any atom is 0.321 e. The number of nitrogens with zero attached hydrogens (tertiary/aromatic N) is 1. The molecule has 0 aromatic rings. The van der Waals surface area contributed by atoms with Crippen molar-refractivity contribution in [2.24, 2.45) is 5.92 Å². The average Bonchev–Trinajstić information content (AvgIpc) is 3.00. The van der Waals surface area contributed by atoms with Crippen LogP contribution in [0.15, 0.2) is 0 Å². The molecule has 1 saturated carbocycles. The number of carboxylic acids is 1. The first kappa shape index (κ1) is 12.4. The molecule has 0 bridgehead atoms. The van der Waals surface area contributed by atoms with Gasteiger partial charge in [-0.3, -0.25) is 14.5 Å². The van der Waals surface area contributed by atoms with E-state index in [4.69, 9.17) is 0 Å². The highest BCUT2D eigenvalue weighted by molar-refractivity contribution is 5.80. The number of hydrogen-bond acceptors (Lipinski definition) is 3. The van der Waals surface area contributed by atoms with E-state index < -0.39 is 12.0 Å². The number of rotatable bonds is 4. The van der Waals surface area contributed by atoms with Crippen LogP contribution in [0.1, 0.15) is 32.6 Å². The van der Waals surface area contributed by atoms with Crippen molar-refractivity contribution in [1.29, 1.82) is 0 Å². The summed E-state index contributed by atoms with van der Waals surface area (Å²) in [7, 11) is 0. The molecule has 2 rings (SSSR count). The molecule has 5 nitrogen and oxygen atoms in total. The number of carbonyl (C=O) groups is 2. The molecular formula is C12H20N2O3. The molecule has 0 radical (unpaired) electrons. The predicted molar refractivity (Wildman–Crippen MR) is 62.6 cm³/mol. The Kier molecular flexibility index (Phi) is 3.66. The van der Waals surface area contributed by atoms with Gasteiger partial charge in [-0.2, -0.15) is 0 Å². The van der Waals surface area contributed by atoms with Crippen LogP contribution in [0.2, 0.25) is 0 Å². The average molecular weight is 240 g/mol. The summed E-state index contributed by atoms with van der Waals surface area (Å²) in [5.41, 5.74) is 0. The predicted octanol–water partition coefficient (Wildman–Crippen LogP) is 0.450. The Morgan fingerprint density at radius 3 is 2.65 bits per heavy atom. The first-order chi connectivity index (χ1) is 8.08. The van der Waals surface area contributed by atoms with Gasteiger partial charge in [-0.25, -0.2) is 0 Å². The number of hydrogen-bond donors (Lipinski definition) is 2. The summed E-state index contributed by atoms with van der Waals surface area (Å²) in [6.45, 7) is 2.88. The molecule has 1 saturated heterocycles. The quantitative estimate of drug-likeness (QED) is 0.748. The molecule has 1 heterocycles. The Morgan fingerprint density at radius 2 is 2.06 bits per heavy atom. The second kappa shape index (κ2) is 5.04. The molecule has 0 spiro atoms. The number of likely N-dealkylation sites (tertiary alicyclic amines) is 1. The van der Waals surface area contributed by atoms with E-state index in [1.807, 2.05) is 6.92 Å². The van der Waals surface area contributed by atoms with Crippen LogP contribution < -0.4 is 5.32 Å². The Labute approximate surface area is 101 Å². The summed E-state index contributed by atoms with van der Waals surface area (Å²) >= 11 is 0. The van der Waals surface area contributed by atoms with E-state index >= 15 is 0 Å². The summed E-state index contributed by atoms with van der Waals surface area (Å²) < 4.78 is 0. The smallest absolute Gasteiger partial charge is 0.321 e. The van der Waals surface area contributed by atoms with Crippen molar-refractivity contribution in [3.8, 4) is 0 Å². The van der Waals surface area contributed by atoms with E-state index in [2.05, 4.69) is 5.32 Å². The zero-order valence-electron chi connectivity index (χ0n) is 10.2. The molecule has 0 aromatic carbocycles. The molecule has 1 aliphatic carbocycles. The van der Waals surface area contributed by atoms with E-state index in [0.717, 1.165) is 25.7 Å². The van der Waals surface area contributed by atoms with Crippen LogP contribution in [0.3, 0.4) is 0 Å². The van der Waals surface area contributed by atoms with Crippen LogP contribution in [-0.4, -0.2) is 47.1 Å². The topological polar surface area (TPSA) is 69.6 Å². The molecule has 1 aliphatic heterocycles. The summed E-state index contributed by atoms with van der Waals surface area (Å²) in [6.07, 6.45) is 4.02. The number of amides is 1. The van der Waals surface area contributed by atoms with Gasteiger partial charge >= 0.3 is 5.97 Å². The van der Waals surface area contributed by atoms with Crippen molar-refractivity contribution in [2.75, 3.05) is 13.1 Å². The summed E-state index contributed by atoms with van der Waals surface area (Å²) in [5, 5.41) is 12.1. The molecule has 96 valence electrons. The van der Waals surface area contributed by atoms with Crippen molar-refractivity contribution < 1.29 is 14.7 Å². The Balaban J connectivity index is 1.91. The van der Waals surface area contributed by atoms with Gasteiger partial charge in [0, 0.05) is 6.04 Å². The number of nitrogens with one attached hydrogen (secondary N) is 1. The van der Waals surface area contributed by atoms with Gasteiger partial charge in [-0.05, 0) is 38.1 Å². The van der Waals surface area contributed by atoms with Crippen molar-refractivity contribution in [3.05, 3.63) is 0 Å². The summed E-state index contributed by atoms with van der Waals surface area (Å²) in [5.74, 6) is -0.723. The van der Waals surface area contributed by atoms with Gasteiger partial charge < -0.3 is 10.4 Å². The molecule has 2 N–H and O–H groups in total. The molecular weight excluding hydrogens is 220 g/mol. The third kappa shape index (κ3) is 3.19. The second-order valence-electron chi connectivity index (χ2n) is 5.21. The van der Waals surface area contributed by atoms with Gasteiger partial charge in [-0.15, -0.1) is 0 Å². The standard InChI is InChI=1S/C12H20N2O3/c1-8-3-2-6-14(11(8)12(16)17)7-10(15)13-9-4-5-9/h8-9,11H,2-7H2,1H3,(H,13,15)(H,16,17). The maximum absolute atomic E-state index is 11.7. The molecule has 2 unspecified atom stereocenters. The summed E-state index contributed by atoms with van der Waals surface area (Å²) in [4.78, 5) is 24.7. The van der Waals surface area contributed by atoms with Crippen LogP contribution in [0.4, 0.5) is 0 Å². The summed E-state index contributed by atoms with van der Waals surface area (Å²) in [6, 6.07) is -0.165. The van der Waals surface area contributed by atoms with Crippen LogP contribution in [-0.2, 0) is 9.59 Å². The number of piperidine rings is 1. The molecule has 0 aromatic heterocycles. The lowest BCUT2D eigenvalue weighted by atomic mass is 9.91. The van der Waals surface area contributed by atoms with Crippen LogP contribution in [0.25, 0.3) is 0 Å². The van der Waals surface area contributed by atoms with E-state index in [0.29, 0.717) is 12.6 Å². The lowest BCUT2D eigenvalue weighted by Gasteiger charge is -2.36. The normalized spacial score (nSPS) is 29.9. The zero-order chi connectivity index (χ0) is 12.4. The third-order valence-corrected chi connectivity index (χ3v) is 3.58. The highest BCUT2D eigenvalue weighted by Crippen LogP contribution is 2.23. The van der Waals surface area contributed by atoms with Gasteiger partial charge in [0.05, 0.1) is 6.54 Å². The van der Waals surface area contributed by atoms with Gasteiger partial charge in [-0.1, -0.05) is 6.92 Å². The van der Waals surface area contributed by atoms with Crippen LogP contribution in [0, 0.1) is 5.92 Å². The SMILES string of the molecule is CC1CCCN(CC(=O)NC2CC2)C1C(=O)O. The van der Waals surface area contributed by atoms with Gasteiger partial charge in [0.2, 0.25) is 5.91 Å². The third-order valence-electron chi connectivity index (χ3n) is 3.58. The lowest BCUT2D eigenvalue weighted by molar-refractivity contribution is -0.147. The highest BCUT2D eigenvalue weighted by atomic mass is 16.4. The lowest BCUT2D eigenvalue weighted by Crippen LogP contribution is -2.52. The first-order valence-corrected chi connectivity index (χ1v) is 6.34. The van der Waals surface area contributed by atoms with E-state index in [1.165, 1.54) is 0 Å². The molecule has 2 fully saturated rings. The fourth-order valence-corrected chi connectivity index (χ4v) is 2.54. The minimum atomic E-state index is -0.809. The molecule has 1 amide bonds. The van der Waals surface area contributed by atoms with Gasteiger partial charge in [0.1, 0.15) is 6.04 Å². The van der Waals surface area contributed by atoms with Crippen molar-refractivity contribution in [3.63, 3.8) is 0 Å². The van der Waals surface area contributed by atoms with E-state index in [1.54, 1.807) is 4.90 Å². The Hall–Kier alpha value is -1.10. The maximum atomic E-state index is 11.7. The van der Waals surface area contributed by atoms with Gasteiger partial charge in [0.25, 0.3) is 0 Å². The highest BCUT2D eigenvalue weighted by Gasteiger charge is 2.35. The zero-order valence-corrected chi connectivity index (χ0v) is 10.2. The monoisotopic (exact) mass is 240 g/mol. The number of carbonyl (C=O) groups excluding carboxylic acids is 1. The fraction of sp³-hybridized carbons (Fsp3) is 0.833. The molecule has 17 heavy (non-hydrogen) atoms. The van der Waals surface area contributed by atoms with E-state index in [-0.39, 0.29) is 18.4 Å². The van der Waals surface area contributed by atoms with Crippen LogP contribution in [0.5, 0.6) is 0 Å². The Bertz CT molecular complexity index is 315. The fourth-order valence-electron chi connectivity index (χ4n) is 2.54. The van der Waals surface area contributed by atoms with Gasteiger partial charge in [0.15, 0.2) is 0 Å². The number of aliphatic carboxylic acids is 1. The van der Waals surface area contributed by atoms with Crippen LogP contribution >= 0.6 is 0 Å². The molecule has 2 aliphatic rings. The second-order valence-corrected chi connectivity index (χ2v) is 5.21. The minimum absolute atomic E-state index is 0.0344. The largest absolute Gasteiger partial charge is 0.480 e. The van der Waals surface area contributed by atoms with Crippen molar-refractivity contribution in [1.82, 2.24) is 10.2 Å². The molecule has 2 atom stereocenters. The molecule has 5 heteroatoms. The minimum Gasteiger partial charge on any atom is -0.480 e. The van der Waals surface area contributed by atoms with Crippen molar-refractivity contribution in [2.45, 2.75) is 44.7 Å².